The lowest BCUT2D eigenvalue weighted by Gasteiger charge is -2.21. The van der Waals surface area contributed by atoms with Gasteiger partial charge >= 0.3 is 0 Å². The lowest BCUT2D eigenvalue weighted by molar-refractivity contribution is -0.135. The highest BCUT2D eigenvalue weighted by atomic mass is 16.3. The van der Waals surface area contributed by atoms with Gasteiger partial charge in [-0.25, -0.2) is 0 Å². The van der Waals surface area contributed by atoms with Gasteiger partial charge in [-0.15, -0.1) is 0 Å². The van der Waals surface area contributed by atoms with Crippen molar-refractivity contribution in [3.8, 4) is 5.75 Å². The van der Waals surface area contributed by atoms with Crippen LogP contribution in [-0.2, 0) is 9.59 Å². The summed E-state index contributed by atoms with van der Waals surface area (Å²) in [5.41, 5.74) is 5.94. The summed E-state index contributed by atoms with van der Waals surface area (Å²) in [6.07, 6.45) is 4.23. The van der Waals surface area contributed by atoms with Gasteiger partial charge in [-0.3, -0.25) is 14.9 Å². The molecular formula is C13H13N3O3. The van der Waals surface area contributed by atoms with Gasteiger partial charge in [0.15, 0.2) is 0 Å². The van der Waals surface area contributed by atoms with Crippen LogP contribution in [0.5, 0.6) is 5.75 Å². The minimum Gasteiger partial charge on any atom is -0.505 e. The van der Waals surface area contributed by atoms with Crippen LogP contribution in [0.4, 0.5) is 5.69 Å². The van der Waals surface area contributed by atoms with E-state index in [4.69, 9.17) is 5.73 Å². The Bertz CT molecular complexity index is 690. The molecule has 2 heterocycles. The van der Waals surface area contributed by atoms with Crippen molar-refractivity contribution in [1.82, 2.24) is 9.88 Å². The highest BCUT2D eigenvalue weighted by molar-refractivity contribution is 6.00. The zero-order chi connectivity index (χ0) is 13.6. The van der Waals surface area contributed by atoms with E-state index in [0.29, 0.717) is 23.9 Å². The summed E-state index contributed by atoms with van der Waals surface area (Å²) in [5.74, 6) is -0.544. The molecule has 1 fully saturated rings. The monoisotopic (exact) mass is 259 g/mol. The first kappa shape index (κ1) is 11.6. The van der Waals surface area contributed by atoms with Gasteiger partial charge in [0.25, 0.3) is 0 Å². The molecule has 0 radical (unpaired) electrons. The van der Waals surface area contributed by atoms with Gasteiger partial charge in [0.1, 0.15) is 11.8 Å². The Labute approximate surface area is 108 Å². The number of anilines is 1. The Balaban J connectivity index is 2.04. The van der Waals surface area contributed by atoms with Gasteiger partial charge < -0.3 is 15.4 Å². The third-order valence-electron chi connectivity index (χ3n) is 3.42. The third kappa shape index (κ3) is 1.81. The first-order chi connectivity index (χ1) is 9.06. The van der Waals surface area contributed by atoms with Crippen LogP contribution in [0.3, 0.4) is 0 Å². The normalized spacial score (nSPS) is 19.7. The topological polar surface area (TPSA) is 97.4 Å². The van der Waals surface area contributed by atoms with Crippen LogP contribution in [-0.4, -0.2) is 21.5 Å². The maximum Gasteiger partial charge on any atom is 0.249 e. The number of nitrogens with one attached hydrogen (secondary N) is 1. The molecule has 19 heavy (non-hydrogen) atoms. The number of rotatable bonds is 1. The molecule has 1 atom stereocenters. The number of aromatic nitrogens is 1. The van der Waals surface area contributed by atoms with E-state index in [2.05, 4.69) is 5.32 Å². The number of benzene rings is 1. The molecule has 0 spiro atoms. The fourth-order valence-electron chi connectivity index (χ4n) is 2.38. The van der Waals surface area contributed by atoms with E-state index in [9.17, 15) is 14.7 Å². The first-order valence-corrected chi connectivity index (χ1v) is 5.98. The number of nitrogens with two attached hydrogens (primary N) is 1. The number of phenolic OH excluding ortho intramolecular Hbond substituents is 1. The van der Waals surface area contributed by atoms with Crippen LogP contribution in [0.1, 0.15) is 18.9 Å². The maximum atomic E-state index is 11.8. The second-order valence-corrected chi connectivity index (χ2v) is 4.68. The van der Waals surface area contributed by atoms with Crippen molar-refractivity contribution in [2.75, 3.05) is 5.73 Å². The Morgan fingerprint density at radius 1 is 1.32 bits per heavy atom. The van der Waals surface area contributed by atoms with Crippen LogP contribution in [0.15, 0.2) is 24.5 Å². The van der Waals surface area contributed by atoms with Crippen LogP contribution in [0.25, 0.3) is 10.8 Å². The number of piperidine rings is 1. The molecular weight excluding hydrogens is 246 g/mol. The number of fused-ring (bicyclic) bond motifs is 1. The Morgan fingerprint density at radius 3 is 2.84 bits per heavy atom. The molecule has 3 rings (SSSR count). The SMILES string of the molecule is Nc1ccc2cn(C3CCC(=O)NC3=O)cc2c1O. The number of carbonyl (C=O) groups excluding carboxylic acids is 2. The zero-order valence-corrected chi connectivity index (χ0v) is 10.1. The smallest absolute Gasteiger partial charge is 0.249 e. The molecule has 2 aromatic rings. The van der Waals surface area contributed by atoms with E-state index >= 15 is 0 Å². The number of phenols is 1. The second-order valence-electron chi connectivity index (χ2n) is 4.68. The lowest BCUT2D eigenvalue weighted by Crippen LogP contribution is -2.41. The van der Waals surface area contributed by atoms with Crippen molar-refractivity contribution in [3.05, 3.63) is 24.5 Å². The summed E-state index contributed by atoms with van der Waals surface area (Å²) in [6.45, 7) is 0. The van der Waals surface area contributed by atoms with Gasteiger partial charge in [0, 0.05) is 29.6 Å². The fourth-order valence-corrected chi connectivity index (χ4v) is 2.38. The van der Waals surface area contributed by atoms with Crippen LogP contribution in [0, 0.1) is 0 Å². The standard InChI is InChI=1S/C13H13N3O3/c14-9-2-1-7-5-16(6-8(7)12(9)18)10-3-4-11(17)15-13(10)19/h1-2,5-6,10,18H,3-4,14H2,(H,15,17,19). The molecule has 0 aliphatic carbocycles. The molecule has 6 nitrogen and oxygen atoms in total. The summed E-state index contributed by atoms with van der Waals surface area (Å²) in [4.78, 5) is 22.9. The Kier molecular flexibility index (Phi) is 2.45. The largest absolute Gasteiger partial charge is 0.505 e. The quantitative estimate of drug-likeness (QED) is 0.403. The molecule has 0 saturated carbocycles. The van der Waals surface area contributed by atoms with Gasteiger partial charge in [-0.1, -0.05) is 6.07 Å². The molecule has 1 aliphatic rings. The highest BCUT2D eigenvalue weighted by Gasteiger charge is 2.28. The number of carbonyl (C=O) groups is 2. The van der Waals surface area contributed by atoms with Gasteiger partial charge in [0.05, 0.1) is 5.69 Å². The first-order valence-electron chi connectivity index (χ1n) is 5.98. The number of hydrogen-bond donors (Lipinski definition) is 3. The van der Waals surface area contributed by atoms with Crippen molar-refractivity contribution >= 4 is 28.3 Å². The summed E-state index contributed by atoms with van der Waals surface area (Å²) < 4.78 is 1.71. The van der Waals surface area contributed by atoms with E-state index in [1.54, 1.807) is 29.1 Å². The molecule has 1 unspecified atom stereocenters. The third-order valence-corrected chi connectivity index (χ3v) is 3.42. The summed E-state index contributed by atoms with van der Waals surface area (Å²) in [7, 11) is 0. The van der Waals surface area contributed by atoms with Crippen LogP contribution >= 0.6 is 0 Å². The van der Waals surface area contributed by atoms with Crippen molar-refractivity contribution in [2.45, 2.75) is 18.9 Å². The average Bonchev–Trinajstić information content (AvgIpc) is 2.78. The molecule has 4 N–H and O–H groups in total. The maximum absolute atomic E-state index is 11.8. The molecule has 1 saturated heterocycles. The van der Waals surface area contributed by atoms with Crippen molar-refractivity contribution < 1.29 is 14.7 Å². The molecule has 1 aromatic heterocycles. The number of imide groups is 1. The summed E-state index contributed by atoms with van der Waals surface area (Å²) in [5, 5.41) is 13.6. The van der Waals surface area contributed by atoms with Gasteiger partial charge in [0.2, 0.25) is 11.8 Å². The number of hydrogen-bond acceptors (Lipinski definition) is 4. The van der Waals surface area contributed by atoms with E-state index in [1.165, 1.54) is 0 Å². The van der Waals surface area contributed by atoms with E-state index < -0.39 is 6.04 Å². The Hall–Kier alpha value is -2.50. The predicted molar refractivity (Wildman–Crippen MR) is 69.4 cm³/mol. The Morgan fingerprint density at radius 2 is 2.11 bits per heavy atom. The number of aromatic hydroxyl groups is 1. The molecule has 1 aliphatic heterocycles. The van der Waals surface area contributed by atoms with Gasteiger partial charge in [-0.05, 0) is 12.5 Å². The molecule has 0 bridgehead atoms. The van der Waals surface area contributed by atoms with Crippen molar-refractivity contribution in [2.24, 2.45) is 0 Å². The second kappa shape index (κ2) is 4.01. The lowest BCUT2D eigenvalue weighted by atomic mass is 10.1. The van der Waals surface area contributed by atoms with Gasteiger partial charge in [-0.2, -0.15) is 0 Å². The van der Waals surface area contributed by atoms with E-state index in [0.717, 1.165) is 5.39 Å². The summed E-state index contributed by atoms with van der Waals surface area (Å²) >= 11 is 0. The van der Waals surface area contributed by atoms with E-state index in [-0.39, 0.29) is 17.6 Å². The fraction of sp³-hybridized carbons (Fsp3) is 0.231. The van der Waals surface area contributed by atoms with Crippen molar-refractivity contribution in [1.29, 1.82) is 0 Å². The zero-order valence-electron chi connectivity index (χ0n) is 10.1. The van der Waals surface area contributed by atoms with Crippen LogP contribution in [0.2, 0.25) is 0 Å². The molecule has 6 heteroatoms. The predicted octanol–water partition coefficient (Wildman–Crippen LogP) is 0.907. The van der Waals surface area contributed by atoms with E-state index in [1.807, 2.05) is 0 Å². The highest BCUT2D eigenvalue weighted by Crippen LogP contribution is 2.33. The minimum absolute atomic E-state index is 0.0172. The minimum atomic E-state index is -0.425. The number of nitrogen functional groups attached to an aromatic ring is 1. The van der Waals surface area contributed by atoms with Crippen LogP contribution < -0.4 is 11.1 Å². The summed E-state index contributed by atoms with van der Waals surface area (Å²) in [6, 6.07) is 2.98. The number of nitrogens with zero attached hydrogens (tertiary/aromatic N) is 1. The average molecular weight is 259 g/mol. The molecule has 98 valence electrons. The number of amides is 2. The van der Waals surface area contributed by atoms with Crippen molar-refractivity contribution in [3.63, 3.8) is 0 Å². The molecule has 2 amide bonds. The molecule has 1 aromatic carbocycles.